The van der Waals surface area contributed by atoms with Gasteiger partial charge in [-0.15, -0.1) is 0 Å². The highest BCUT2D eigenvalue weighted by atomic mass is 16.3. The molecule has 3 nitrogen and oxygen atoms in total. The summed E-state index contributed by atoms with van der Waals surface area (Å²) in [5.74, 6) is 0.898. The molecule has 2 aliphatic rings. The highest BCUT2D eigenvalue weighted by molar-refractivity contribution is 5.34. The predicted octanol–water partition coefficient (Wildman–Crippen LogP) is 5.62. The lowest BCUT2D eigenvalue weighted by Crippen LogP contribution is -2.61. The van der Waals surface area contributed by atoms with E-state index < -0.39 is 0 Å². The van der Waals surface area contributed by atoms with E-state index in [0.717, 1.165) is 32.6 Å². The summed E-state index contributed by atoms with van der Waals surface area (Å²) in [6.45, 7) is 8.99. The van der Waals surface area contributed by atoms with E-state index in [9.17, 15) is 5.11 Å². The largest absolute Gasteiger partial charge is 0.508 e. The van der Waals surface area contributed by atoms with Crippen LogP contribution < -0.4 is 0 Å². The molecule has 2 fully saturated rings. The van der Waals surface area contributed by atoms with E-state index in [2.05, 4.69) is 90.4 Å². The summed E-state index contributed by atoms with van der Waals surface area (Å²) in [5.41, 5.74) is 4.12. The van der Waals surface area contributed by atoms with Crippen molar-refractivity contribution in [2.45, 2.75) is 44.3 Å². The van der Waals surface area contributed by atoms with Crippen molar-refractivity contribution < 1.29 is 5.11 Å². The van der Waals surface area contributed by atoms with Crippen molar-refractivity contribution in [1.29, 1.82) is 0 Å². The second kappa shape index (κ2) is 8.73. The number of phenolic OH excluding ortho intramolecular Hbond substituents is 1. The Morgan fingerprint density at radius 3 is 2.31 bits per heavy atom. The molecular weight excluding hydrogens is 392 g/mol. The second-order valence-corrected chi connectivity index (χ2v) is 10.0. The van der Waals surface area contributed by atoms with Crippen molar-refractivity contribution in [3.05, 3.63) is 102 Å². The maximum absolute atomic E-state index is 10.1. The number of aromatic hydroxyl groups is 1. The Balaban J connectivity index is 1.44. The first-order valence-electron chi connectivity index (χ1n) is 11.9. The van der Waals surface area contributed by atoms with Crippen molar-refractivity contribution >= 4 is 0 Å². The van der Waals surface area contributed by atoms with Crippen LogP contribution in [0.3, 0.4) is 0 Å². The number of piperidine rings is 1. The normalized spacial score (nSPS) is 28.9. The van der Waals surface area contributed by atoms with Gasteiger partial charge < -0.3 is 5.11 Å². The first-order chi connectivity index (χ1) is 15.5. The molecule has 32 heavy (non-hydrogen) atoms. The van der Waals surface area contributed by atoms with Crippen LogP contribution in [-0.2, 0) is 12.0 Å². The number of rotatable bonds is 4. The summed E-state index contributed by atoms with van der Waals surface area (Å²) in [6, 6.07) is 30.7. The zero-order valence-corrected chi connectivity index (χ0v) is 19.2. The van der Waals surface area contributed by atoms with Crippen LogP contribution in [0.4, 0.5) is 0 Å². The summed E-state index contributed by atoms with van der Waals surface area (Å²) >= 11 is 0. The first-order valence-corrected chi connectivity index (χ1v) is 11.9. The van der Waals surface area contributed by atoms with Gasteiger partial charge in [0.15, 0.2) is 0 Å². The van der Waals surface area contributed by atoms with Gasteiger partial charge in [0.05, 0.1) is 0 Å². The summed E-state index contributed by atoms with van der Waals surface area (Å²) in [6.07, 6.45) is 1.12. The molecule has 1 unspecified atom stereocenters. The van der Waals surface area contributed by atoms with Gasteiger partial charge in [0.2, 0.25) is 0 Å². The molecule has 3 heteroatoms. The molecular formula is C29H34N2O. The van der Waals surface area contributed by atoms with E-state index in [4.69, 9.17) is 0 Å². The summed E-state index contributed by atoms with van der Waals surface area (Å²) in [4.78, 5) is 5.42. The fraction of sp³-hybridized carbons (Fsp3) is 0.379. The molecule has 1 N–H and O–H groups in total. The van der Waals surface area contributed by atoms with Crippen LogP contribution in [0.1, 0.15) is 43.0 Å². The molecule has 0 radical (unpaired) electrons. The third-order valence-corrected chi connectivity index (χ3v) is 7.98. The van der Waals surface area contributed by atoms with Gasteiger partial charge in [-0.3, -0.25) is 9.80 Å². The number of nitrogens with zero attached hydrogens (tertiary/aromatic N) is 2. The number of phenols is 1. The van der Waals surface area contributed by atoms with Gasteiger partial charge in [-0.05, 0) is 46.6 Å². The maximum Gasteiger partial charge on any atom is 0.115 e. The predicted molar refractivity (Wildman–Crippen MR) is 131 cm³/mol. The molecule has 0 amide bonds. The van der Waals surface area contributed by atoms with Gasteiger partial charge in [0.1, 0.15) is 5.75 Å². The zero-order chi connectivity index (χ0) is 22.1. The van der Waals surface area contributed by atoms with Gasteiger partial charge in [-0.2, -0.15) is 0 Å². The third-order valence-electron chi connectivity index (χ3n) is 7.98. The monoisotopic (exact) mass is 426 g/mol. The summed E-state index contributed by atoms with van der Waals surface area (Å²) in [7, 11) is 0. The van der Waals surface area contributed by atoms with Crippen LogP contribution >= 0.6 is 0 Å². The Morgan fingerprint density at radius 1 is 0.875 bits per heavy atom. The minimum Gasteiger partial charge on any atom is -0.508 e. The van der Waals surface area contributed by atoms with Crippen LogP contribution in [0.15, 0.2) is 84.9 Å². The highest BCUT2D eigenvalue weighted by Gasteiger charge is 2.46. The van der Waals surface area contributed by atoms with Crippen molar-refractivity contribution in [1.82, 2.24) is 9.80 Å². The fourth-order valence-electron chi connectivity index (χ4n) is 5.91. The Labute approximate surface area is 192 Å². The van der Waals surface area contributed by atoms with Gasteiger partial charge in [0, 0.05) is 38.3 Å². The molecule has 0 saturated carbocycles. The standard InChI is InChI=1S/C29H34N2O/c1-22-18-30-21-28(24-12-7-4-8-13-24)31(19-23-10-5-3-6-11-23)20-26(30)17-29(22,2)25-14-9-15-27(32)16-25/h3-16,22,26,28,32H,17-21H2,1-2H3/t22-,26+,28+,29?/m0/s1. The van der Waals surface area contributed by atoms with Crippen LogP contribution in [0, 0.1) is 5.92 Å². The van der Waals surface area contributed by atoms with Gasteiger partial charge in [-0.25, -0.2) is 0 Å². The van der Waals surface area contributed by atoms with Crippen molar-refractivity contribution in [3.63, 3.8) is 0 Å². The molecule has 166 valence electrons. The molecule has 4 atom stereocenters. The van der Waals surface area contributed by atoms with Crippen LogP contribution in [0.5, 0.6) is 5.75 Å². The van der Waals surface area contributed by atoms with E-state index in [1.807, 2.05) is 12.1 Å². The minimum atomic E-state index is 0.0674. The second-order valence-electron chi connectivity index (χ2n) is 10.0. The van der Waals surface area contributed by atoms with Crippen molar-refractivity contribution in [3.8, 4) is 5.75 Å². The molecule has 5 rings (SSSR count). The van der Waals surface area contributed by atoms with Crippen molar-refractivity contribution in [2.24, 2.45) is 5.92 Å². The van der Waals surface area contributed by atoms with E-state index in [-0.39, 0.29) is 5.41 Å². The Kier molecular flexibility index (Phi) is 5.79. The molecule has 2 saturated heterocycles. The van der Waals surface area contributed by atoms with E-state index in [1.54, 1.807) is 6.07 Å². The maximum atomic E-state index is 10.1. The number of hydrogen-bond acceptors (Lipinski definition) is 3. The molecule has 0 spiro atoms. The van der Waals surface area contributed by atoms with E-state index >= 15 is 0 Å². The molecule has 3 aromatic rings. The fourth-order valence-corrected chi connectivity index (χ4v) is 5.91. The van der Waals surface area contributed by atoms with Gasteiger partial charge >= 0.3 is 0 Å². The molecule has 0 aliphatic carbocycles. The number of fused-ring (bicyclic) bond motifs is 1. The minimum absolute atomic E-state index is 0.0674. The highest BCUT2D eigenvalue weighted by Crippen LogP contribution is 2.45. The van der Waals surface area contributed by atoms with Gasteiger partial charge in [-0.1, -0.05) is 86.6 Å². The average molecular weight is 427 g/mol. The zero-order valence-electron chi connectivity index (χ0n) is 19.2. The lowest BCUT2D eigenvalue weighted by molar-refractivity contribution is -0.0351. The first kappa shape index (κ1) is 21.2. The SMILES string of the molecule is C[C@H]1CN2C[C@H](c3ccccc3)N(Cc3ccccc3)C[C@H]2CC1(C)c1cccc(O)c1. The molecule has 0 aromatic heterocycles. The third kappa shape index (κ3) is 4.07. The summed E-state index contributed by atoms with van der Waals surface area (Å²) in [5, 5.41) is 10.1. The van der Waals surface area contributed by atoms with Gasteiger partial charge in [0.25, 0.3) is 0 Å². The average Bonchev–Trinajstić information content (AvgIpc) is 2.81. The molecule has 3 aromatic carbocycles. The lowest BCUT2D eigenvalue weighted by Gasteiger charge is -2.55. The number of hydrogen-bond donors (Lipinski definition) is 1. The summed E-state index contributed by atoms with van der Waals surface area (Å²) < 4.78 is 0. The van der Waals surface area contributed by atoms with Crippen LogP contribution in [-0.4, -0.2) is 40.6 Å². The lowest BCUT2D eigenvalue weighted by atomic mass is 9.65. The number of piperazine rings is 1. The van der Waals surface area contributed by atoms with E-state index in [1.165, 1.54) is 16.7 Å². The smallest absolute Gasteiger partial charge is 0.115 e. The number of benzene rings is 3. The van der Waals surface area contributed by atoms with Crippen LogP contribution in [0.2, 0.25) is 0 Å². The Hall–Kier alpha value is -2.62. The Bertz CT molecular complexity index is 1040. The molecule has 2 heterocycles. The topological polar surface area (TPSA) is 26.7 Å². The van der Waals surface area contributed by atoms with Crippen molar-refractivity contribution in [2.75, 3.05) is 19.6 Å². The molecule has 0 bridgehead atoms. The van der Waals surface area contributed by atoms with E-state index in [0.29, 0.717) is 23.8 Å². The Morgan fingerprint density at radius 2 is 1.59 bits per heavy atom. The van der Waals surface area contributed by atoms with Crippen LogP contribution in [0.25, 0.3) is 0 Å². The molecule has 2 aliphatic heterocycles. The quantitative estimate of drug-likeness (QED) is 0.587.